The Bertz CT molecular complexity index is 672. The standard InChI is InChI=1S/C14H11F2NO2/c1-9-5-6-17(13(19)7-9)8-12(18)14-10(15)3-2-4-11(14)16/h2-7H,8H2,1H3. The van der Waals surface area contributed by atoms with E-state index < -0.39 is 29.5 Å². The normalized spacial score (nSPS) is 10.5. The van der Waals surface area contributed by atoms with Crippen LogP contribution in [-0.4, -0.2) is 10.4 Å². The van der Waals surface area contributed by atoms with Gasteiger partial charge < -0.3 is 4.57 Å². The molecule has 19 heavy (non-hydrogen) atoms. The van der Waals surface area contributed by atoms with Crippen LogP contribution in [-0.2, 0) is 6.54 Å². The number of rotatable bonds is 3. The van der Waals surface area contributed by atoms with Crippen LogP contribution in [0, 0.1) is 18.6 Å². The third-order valence-electron chi connectivity index (χ3n) is 2.71. The quantitative estimate of drug-likeness (QED) is 0.797. The van der Waals surface area contributed by atoms with Gasteiger partial charge in [-0.2, -0.15) is 0 Å². The van der Waals surface area contributed by atoms with Gasteiger partial charge in [-0.3, -0.25) is 9.59 Å². The Labute approximate surface area is 108 Å². The SMILES string of the molecule is Cc1ccn(CC(=O)c2c(F)cccc2F)c(=O)c1. The molecule has 1 aromatic heterocycles. The zero-order valence-electron chi connectivity index (χ0n) is 10.2. The first-order valence-corrected chi connectivity index (χ1v) is 5.63. The molecule has 0 saturated carbocycles. The van der Waals surface area contributed by atoms with Crippen LogP contribution in [0.3, 0.4) is 0 Å². The van der Waals surface area contributed by atoms with Crippen molar-refractivity contribution < 1.29 is 13.6 Å². The molecule has 0 radical (unpaired) electrons. The lowest BCUT2D eigenvalue weighted by atomic mass is 10.1. The summed E-state index contributed by atoms with van der Waals surface area (Å²) in [5.74, 6) is -2.63. The third-order valence-corrected chi connectivity index (χ3v) is 2.71. The molecule has 0 aliphatic heterocycles. The molecule has 98 valence electrons. The highest BCUT2D eigenvalue weighted by atomic mass is 19.1. The fourth-order valence-electron chi connectivity index (χ4n) is 1.74. The molecule has 5 heteroatoms. The Hall–Kier alpha value is -2.30. The minimum absolute atomic E-state index is 0.384. The van der Waals surface area contributed by atoms with Crippen molar-refractivity contribution in [1.82, 2.24) is 4.57 Å². The number of ketones is 1. The predicted octanol–water partition coefficient (Wildman–Crippen LogP) is 2.32. The summed E-state index contributed by atoms with van der Waals surface area (Å²) in [6.07, 6.45) is 1.42. The van der Waals surface area contributed by atoms with Gasteiger partial charge in [0.25, 0.3) is 5.56 Å². The summed E-state index contributed by atoms with van der Waals surface area (Å²) in [7, 11) is 0. The molecule has 2 rings (SSSR count). The lowest BCUT2D eigenvalue weighted by molar-refractivity contribution is 0.0962. The van der Waals surface area contributed by atoms with Gasteiger partial charge in [0.1, 0.15) is 11.6 Å². The first-order valence-electron chi connectivity index (χ1n) is 5.63. The first kappa shape index (κ1) is 13.1. The van der Waals surface area contributed by atoms with Crippen molar-refractivity contribution in [2.24, 2.45) is 0 Å². The Kier molecular flexibility index (Phi) is 3.55. The maximum atomic E-state index is 13.4. The minimum atomic E-state index is -0.926. The van der Waals surface area contributed by atoms with Crippen molar-refractivity contribution in [2.75, 3.05) is 0 Å². The van der Waals surface area contributed by atoms with E-state index in [1.165, 1.54) is 18.3 Å². The molecule has 0 aliphatic rings. The molecular weight excluding hydrogens is 252 g/mol. The van der Waals surface area contributed by atoms with Crippen LogP contribution in [0.5, 0.6) is 0 Å². The first-order chi connectivity index (χ1) is 8.99. The van der Waals surface area contributed by atoms with Gasteiger partial charge in [0.15, 0.2) is 5.78 Å². The van der Waals surface area contributed by atoms with Crippen molar-refractivity contribution in [3.8, 4) is 0 Å². The number of Topliss-reactive ketones (excluding diaryl/α,β-unsaturated/α-hetero) is 1. The number of benzene rings is 1. The molecule has 0 N–H and O–H groups in total. The van der Waals surface area contributed by atoms with Crippen molar-refractivity contribution in [1.29, 1.82) is 0 Å². The summed E-state index contributed by atoms with van der Waals surface area (Å²) in [5, 5.41) is 0. The van der Waals surface area contributed by atoms with E-state index >= 15 is 0 Å². The van der Waals surface area contributed by atoms with Crippen LogP contribution >= 0.6 is 0 Å². The van der Waals surface area contributed by atoms with Crippen molar-refractivity contribution in [3.63, 3.8) is 0 Å². The Morgan fingerprint density at radius 2 is 1.84 bits per heavy atom. The van der Waals surface area contributed by atoms with Crippen LogP contribution in [0.25, 0.3) is 0 Å². The number of aromatic nitrogens is 1. The number of hydrogen-bond donors (Lipinski definition) is 0. The summed E-state index contributed by atoms with van der Waals surface area (Å²) in [5.41, 5.74) is -0.245. The van der Waals surface area contributed by atoms with Crippen molar-refractivity contribution in [3.05, 3.63) is 69.6 Å². The maximum absolute atomic E-state index is 13.4. The molecule has 0 unspecified atom stereocenters. The van der Waals surface area contributed by atoms with E-state index in [1.807, 2.05) is 0 Å². The van der Waals surface area contributed by atoms with Gasteiger partial charge >= 0.3 is 0 Å². The molecule has 0 amide bonds. The van der Waals surface area contributed by atoms with Gasteiger partial charge in [-0.05, 0) is 30.7 Å². The fraction of sp³-hybridized carbons (Fsp3) is 0.143. The van der Waals surface area contributed by atoms with E-state index in [0.29, 0.717) is 0 Å². The number of pyridine rings is 1. The summed E-state index contributed by atoms with van der Waals surface area (Å²) in [4.78, 5) is 23.5. The smallest absolute Gasteiger partial charge is 0.251 e. The number of hydrogen-bond acceptors (Lipinski definition) is 2. The second-order valence-electron chi connectivity index (χ2n) is 4.19. The summed E-state index contributed by atoms with van der Waals surface area (Å²) in [6.45, 7) is 1.35. The highest BCUT2D eigenvalue weighted by molar-refractivity contribution is 5.96. The van der Waals surface area contributed by atoms with Crippen LogP contribution in [0.4, 0.5) is 8.78 Å². The van der Waals surface area contributed by atoms with Crippen LogP contribution < -0.4 is 5.56 Å². The number of carbonyl (C=O) groups excluding carboxylic acids is 1. The Morgan fingerprint density at radius 3 is 2.42 bits per heavy atom. The summed E-state index contributed by atoms with van der Waals surface area (Å²) < 4.78 is 28.0. The lowest BCUT2D eigenvalue weighted by Crippen LogP contribution is -2.24. The lowest BCUT2D eigenvalue weighted by Gasteiger charge is -2.07. The minimum Gasteiger partial charge on any atom is -0.308 e. The number of carbonyl (C=O) groups is 1. The van der Waals surface area contributed by atoms with Gasteiger partial charge in [0.05, 0.1) is 12.1 Å². The fourth-order valence-corrected chi connectivity index (χ4v) is 1.74. The predicted molar refractivity (Wildman–Crippen MR) is 66.1 cm³/mol. The monoisotopic (exact) mass is 263 g/mol. The van der Waals surface area contributed by atoms with E-state index in [0.717, 1.165) is 22.3 Å². The van der Waals surface area contributed by atoms with E-state index in [9.17, 15) is 18.4 Å². The second kappa shape index (κ2) is 5.14. The molecule has 2 aromatic rings. The number of nitrogens with zero attached hydrogens (tertiary/aromatic N) is 1. The van der Waals surface area contributed by atoms with E-state index in [-0.39, 0.29) is 5.56 Å². The van der Waals surface area contributed by atoms with Gasteiger partial charge in [-0.1, -0.05) is 6.07 Å². The molecule has 0 bridgehead atoms. The highest BCUT2D eigenvalue weighted by Gasteiger charge is 2.17. The molecule has 1 heterocycles. The molecular formula is C14H11F2NO2. The van der Waals surface area contributed by atoms with Crippen molar-refractivity contribution >= 4 is 5.78 Å². The van der Waals surface area contributed by atoms with Gasteiger partial charge in [-0.15, -0.1) is 0 Å². The molecule has 0 saturated heterocycles. The average Bonchev–Trinajstić information content (AvgIpc) is 2.32. The van der Waals surface area contributed by atoms with Gasteiger partial charge in [-0.25, -0.2) is 8.78 Å². The van der Waals surface area contributed by atoms with Crippen LogP contribution in [0.1, 0.15) is 15.9 Å². The topological polar surface area (TPSA) is 39.1 Å². The zero-order valence-corrected chi connectivity index (χ0v) is 10.2. The highest BCUT2D eigenvalue weighted by Crippen LogP contribution is 2.13. The number of aryl methyl sites for hydroxylation is 1. The van der Waals surface area contributed by atoms with E-state index in [2.05, 4.69) is 0 Å². The van der Waals surface area contributed by atoms with Crippen LogP contribution in [0.2, 0.25) is 0 Å². The van der Waals surface area contributed by atoms with Crippen LogP contribution in [0.15, 0.2) is 41.3 Å². The van der Waals surface area contributed by atoms with E-state index in [1.54, 1.807) is 13.0 Å². The molecule has 0 aliphatic carbocycles. The summed E-state index contributed by atoms with van der Waals surface area (Å²) >= 11 is 0. The van der Waals surface area contributed by atoms with Gasteiger partial charge in [0, 0.05) is 12.3 Å². The largest absolute Gasteiger partial charge is 0.308 e. The number of halogens is 2. The zero-order chi connectivity index (χ0) is 14.0. The summed E-state index contributed by atoms with van der Waals surface area (Å²) in [6, 6.07) is 6.19. The Balaban J connectivity index is 2.34. The van der Waals surface area contributed by atoms with Crippen molar-refractivity contribution in [2.45, 2.75) is 13.5 Å². The second-order valence-corrected chi connectivity index (χ2v) is 4.19. The maximum Gasteiger partial charge on any atom is 0.251 e. The third kappa shape index (κ3) is 2.76. The molecule has 0 fully saturated rings. The van der Waals surface area contributed by atoms with Gasteiger partial charge in [0.2, 0.25) is 0 Å². The average molecular weight is 263 g/mol. The molecule has 0 atom stereocenters. The van der Waals surface area contributed by atoms with E-state index in [4.69, 9.17) is 0 Å². The molecule has 3 nitrogen and oxygen atoms in total. The molecule has 0 spiro atoms. The molecule has 1 aromatic carbocycles. The Morgan fingerprint density at radius 1 is 1.21 bits per heavy atom.